The Balaban J connectivity index is 2.31. The number of aromatic nitrogens is 3. The van der Waals surface area contributed by atoms with Crippen LogP contribution in [0.15, 0.2) is 18.2 Å². The van der Waals surface area contributed by atoms with E-state index >= 15 is 0 Å². The molecule has 0 saturated carbocycles. The molecule has 0 aliphatic rings. The van der Waals surface area contributed by atoms with Crippen LogP contribution in [0.25, 0.3) is 0 Å². The van der Waals surface area contributed by atoms with Crippen molar-refractivity contribution in [3.05, 3.63) is 29.3 Å². The molecule has 1 aromatic heterocycles. The number of nitrogens with one attached hydrogen (secondary N) is 3. The van der Waals surface area contributed by atoms with Crippen molar-refractivity contribution in [2.45, 2.75) is 34.6 Å². The summed E-state index contributed by atoms with van der Waals surface area (Å²) in [6, 6.07) is 5.34. The number of amides is 1. The summed E-state index contributed by atoms with van der Waals surface area (Å²) in [4.78, 5) is 32.6. The molecule has 158 valence electrons. The van der Waals surface area contributed by atoms with E-state index in [0.717, 1.165) is 17.8 Å². The van der Waals surface area contributed by atoms with Gasteiger partial charge >= 0.3 is 0 Å². The van der Waals surface area contributed by atoms with Crippen LogP contribution in [0.3, 0.4) is 0 Å². The molecule has 9 heteroatoms. The number of hydrogen-bond donors (Lipinski definition) is 3. The van der Waals surface area contributed by atoms with E-state index in [1.54, 1.807) is 26.1 Å². The van der Waals surface area contributed by atoms with Crippen LogP contribution in [-0.2, 0) is 4.84 Å². The Morgan fingerprint density at radius 2 is 1.86 bits per heavy atom. The molecule has 0 saturated heterocycles. The number of rotatable bonds is 8. The van der Waals surface area contributed by atoms with Gasteiger partial charge in [0.05, 0.1) is 6.61 Å². The molecule has 29 heavy (non-hydrogen) atoms. The number of hydrogen-bond acceptors (Lipinski definition) is 8. The molecule has 2 rings (SSSR count). The number of anilines is 4. The number of carbonyl (C=O) groups excluding carboxylic acids is 1. The number of carbonyl (C=O) groups is 1. The molecule has 9 nitrogen and oxygen atoms in total. The summed E-state index contributed by atoms with van der Waals surface area (Å²) < 4.78 is 0. The normalized spacial score (nSPS) is 11.1. The lowest BCUT2D eigenvalue weighted by Crippen LogP contribution is -2.30. The lowest BCUT2D eigenvalue weighted by Gasteiger charge is -2.26. The molecule has 0 aliphatic heterocycles. The minimum atomic E-state index is -0.313. The van der Waals surface area contributed by atoms with Gasteiger partial charge in [-0.25, -0.2) is 5.48 Å². The Bertz CT molecular complexity index is 849. The monoisotopic (exact) mass is 401 g/mol. The molecule has 2 aromatic rings. The van der Waals surface area contributed by atoms with E-state index in [2.05, 4.69) is 51.8 Å². The molecular formula is C20H31N7O2. The van der Waals surface area contributed by atoms with Crippen molar-refractivity contribution in [3.63, 3.8) is 0 Å². The molecule has 1 aromatic carbocycles. The fraction of sp³-hybridized carbons (Fsp3) is 0.500. The van der Waals surface area contributed by atoms with Crippen LogP contribution in [0, 0.1) is 12.3 Å². The van der Waals surface area contributed by atoms with Crippen LogP contribution in [0.5, 0.6) is 0 Å². The molecule has 0 aliphatic carbocycles. The minimum absolute atomic E-state index is 0.0909. The first kappa shape index (κ1) is 22.4. The van der Waals surface area contributed by atoms with Crippen LogP contribution in [0.2, 0.25) is 0 Å². The Kier molecular flexibility index (Phi) is 7.33. The minimum Gasteiger partial charge on any atom is -0.357 e. The maximum atomic E-state index is 12.2. The smallest absolute Gasteiger partial charge is 0.274 e. The molecule has 0 unspecified atom stereocenters. The van der Waals surface area contributed by atoms with Crippen molar-refractivity contribution in [2.24, 2.45) is 5.41 Å². The highest BCUT2D eigenvalue weighted by atomic mass is 16.6. The lowest BCUT2D eigenvalue weighted by atomic mass is 9.96. The van der Waals surface area contributed by atoms with Gasteiger partial charge in [-0.1, -0.05) is 26.8 Å². The summed E-state index contributed by atoms with van der Waals surface area (Å²) in [6.07, 6.45) is 0. The van der Waals surface area contributed by atoms with Gasteiger partial charge in [0.15, 0.2) is 0 Å². The molecule has 0 spiro atoms. The summed E-state index contributed by atoms with van der Waals surface area (Å²) in [5, 5.41) is 6.18. The lowest BCUT2D eigenvalue weighted by molar-refractivity contribution is 0.0364. The second-order valence-corrected chi connectivity index (χ2v) is 7.97. The van der Waals surface area contributed by atoms with Crippen molar-refractivity contribution in [2.75, 3.05) is 42.8 Å². The summed E-state index contributed by atoms with van der Waals surface area (Å²) >= 11 is 0. The number of benzene rings is 1. The van der Waals surface area contributed by atoms with E-state index in [1.165, 1.54) is 0 Å². The average molecular weight is 402 g/mol. The zero-order valence-electron chi connectivity index (χ0n) is 18.3. The molecule has 1 amide bonds. The molecule has 0 radical (unpaired) electrons. The number of hydroxylamine groups is 1. The van der Waals surface area contributed by atoms with E-state index in [1.807, 2.05) is 24.9 Å². The fourth-order valence-electron chi connectivity index (χ4n) is 2.70. The second-order valence-electron chi connectivity index (χ2n) is 7.97. The van der Waals surface area contributed by atoms with Gasteiger partial charge in [-0.3, -0.25) is 9.63 Å². The highest BCUT2D eigenvalue weighted by Crippen LogP contribution is 2.23. The van der Waals surface area contributed by atoms with Crippen molar-refractivity contribution in [1.29, 1.82) is 0 Å². The van der Waals surface area contributed by atoms with Gasteiger partial charge in [0.2, 0.25) is 17.8 Å². The summed E-state index contributed by atoms with van der Waals surface area (Å²) in [5.41, 5.74) is 4.64. The highest BCUT2D eigenvalue weighted by Gasteiger charge is 2.18. The van der Waals surface area contributed by atoms with E-state index in [4.69, 9.17) is 4.84 Å². The molecule has 0 bridgehead atoms. The Hall–Kier alpha value is -2.94. The molecule has 3 N–H and O–H groups in total. The van der Waals surface area contributed by atoms with Crippen LogP contribution in [0.1, 0.15) is 43.6 Å². The summed E-state index contributed by atoms with van der Waals surface area (Å²) in [5.74, 6) is 1.10. The van der Waals surface area contributed by atoms with Gasteiger partial charge in [0, 0.05) is 31.9 Å². The summed E-state index contributed by atoms with van der Waals surface area (Å²) in [7, 11) is 3.71. The Labute approximate surface area is 172 Å². The summed E-state index contributed by atoms with van der Waals surface area (Å²) in [6.45, 7) is 11.4. The van der Waals surface area contributed by atoms with Gasteiger partial charge in [0.1, 0.15) is 0 Å². The molecule has 0 atom stereocenters. The largest absolute Gasteiger partial charge is 0.357 e. The van der Waals surface area contributed by atoms with Gasteiger partial charge < -0.3 is 15.5 Å². The first-order valence-corrected chi connectivity index (χ1v) is 9.57. The van der Waals surface area contributed by atoms with Crippen molar-refractivity contribution in [1.82, 2.24) is 20.4 Å². The third-order valence-corrected chi connectivity index (χ3v) is 3.96. The SMILES string of the molecule is CCONC(=O)c1ccc(C)c(Nc2nc(NC)nc(N(C)CC(C)(C)C)n2)c1. The van der Waals surface area contributed by atoms with E-state index in [0.29, 0.717) is 30.0 Å². The van der Waals surface area contributed by atoms with Crippen LogP contribution in [0.4, 0.5) is 23.5 Å². The molecule has 0 fully saturated rings. The van der Waals surface area contributed by atoms with Crippen molar-refractivity contribution >= 4 is 29.4 Å². The van der Waals surface area contributed by atoms with E-state index in [9.17, 15) is 4.79 Å². The van der Waals surface area contributed by atoms with Gasteiger partial charge in [0.25, 0.3) is 5.91 Å². The van der Waals surface area contributed by atoms with Crippen molar-refractivity contribution in [3.8, 4) is 0 Å². The third kappa shape index (κ3) is 6.56. The zero-order valence-corrected chi connectivity index (χ0v) is 18.3. The molecule has 1 heterocycles. The van der Waals surface area contributed by atoms with Crippen molar-refractivity contribution < 1.29 is 9.63 Å². The quantitative estimate of drug-likeness (QED) is 0.580. The Morgan fingerprint density at radius 3 is 2.48 bits per heavy atom. The first-order chi connectivity index (χ1) is 13.6. The average Bonchev–Trinajstić information content (AvgIpc) is 2.66. The maximum Gasteiger partial charge on any atom is 0.274 e. The standard InChI is InChI=1S/C20H31N7O2/c1-8-29-26-16(28)14-10-9-13(2)15(11-14)22-18-23-17(21-6)24-19(25-18)27(7)12-20(3,4)5/h9-11H,8,12H2,1-7H3,(H,26,28)(H2,21,22,23,24,25). The van der Waals surface area contributed by atoms with Crippen LogP contribution in [-0.4, -0.2) is 48.1 Å². The first-order valence-electron chi connectivity index (χ1n) is 9.57. The predicted molar refractivity (Wildman–Crippen MR) is 116 cm³/mol. The predicted octanol–water partition coefficient (Wildman–Crippen LogP) is 3.13. The van der Waals surface area contributed by atoms with Crippen LogP contribution >= 0.6 is 0 Å². The van der Waals surface area contributed by atoms with E-state index in [-0.39, 0.29) is 11.3 Å². The van der Waals surface area contributed by atoms with E-state index < -0.39 is 0 Å². The number of aryl methyl sites for hydroxylation is 1. The Morgan fingerprint density at radius 1 is 1.17 bits per heavy atom. The molecular weight excluding hydrogens is 370 g/mol. The van der Waals surface area contributed by atoms with Gasteiger partial charge in [-0.15, -0.1) is 0 Å². The third-order valence-electron chi connectivity index (χ3n) is 3.96. The second kappa shape index (κ2) is 9.51. The van der Waals surface area contributed by atoms with Gasteiger partial charge in [-0.2, -0.15) is 15.0 Å². The topological polar surface area (TPSA) is 104 Å². The number of nitrogens with zero attached hydrogens (tertiary/aromatic N) is 4. The highest BCUT2D eigenvalue weighted by molar-refractivity contribution is 5.94. The van der Waals surface area contributed by atoms with Gasteiger partial charge in [-0.05, 0) is 37.0 Å². The zero-order chi connectivity index (χ0) is 21.6. The van der Waals surface area contributed by atoms with Crippen LogP contribution < -0.4 is 21.0 Å². The maximum absolute atomic E-state index is 12.2. The fourth-order valence-corrected chi connectivity index (χ4v) is 2.70.